The number of carboxylic acid groups (broad SMARTS) is 1. The van der Waals surface area contributed by atoms with E-state index in [1.165, 1.54) is 0 Å². The maximum absolute atomic E-state index is 10.3. The average molecular weight is 166 g/mol. The minimum atomic E-state index is -2.52. The van der Waals surface area contributed by atoms with Gasteiger partial charge < -0.3 is 10.00 Å². The van der Waals surface area contributed by atoms with Gasteiger partial charge in [0.15, 0.2) is 8.03 Å². The van der Waals surface area contributed by atoms with E-state index in [9.17, 15) is 9.36 Å². The Hall–Kier alpha value is -0.340. The maximum atomic E-state index is 10.3. The predicted molar refractivity (Wildman–Crippen MR) is 37.6 cm³/mol. The van der Waals surface area contributed by atoms with Gasteiger partial charge in [0.1, 0.15) is 0 Å². The predicted octanol–water partition coefficient (Wildman–Crippen LogP) is 0.707. The summed E-state index contributed by atoms with van der Waals surface area (Å²) in [7, 11) is -2.52. The Labute approximate surface area is 59.7 Å². The van der Waals surface area contributed by atoms with Crippen molar-refractivity contribution in [1.82, 2.24) is 0 Å². The lowest BCUT2D eigenvalue weighted by atomic mass is 10.2. The van der Waals surface area contributed by atoms with Gasteiger partial charge in [-0.25, -0.2) is 0 Å². The first-order valence-corrected chi connectivity index (χ1v) is 4.42. The minimum absolute atomic E-state index is 0.0296. The SMILES string of the molecule is CC(CCC(=O)O)[PH](=O)O. The molecule has 0 fully saturated rings. The Balaban J connectivity index is 3.49. The van der Waals surface area contributed by atoms with Gasteiger partial charge in [0.2, 0.25) is 0 Å². The molecular formula is C5H11O4P. The molecule has 4 nitrogen and oxygen atoms in total. The van der Waals surface area contributed by atoms with E-state index in [1.807, 2.05) is 0 Å². The lowest BCUT2D eigenvalue weighted by molar-refractivity contribution is -0.137. The third-order valence-corrected chi connectivity index (χ3v) is 2.34. The second kappa shape index (κ2) is 4.47. The normalized spacial score (nSPS) is 16.2. The Morgan fingerprint density at radius 3 is 2.50 bits per heavy atom. The molecular weight excluding hydrogens is 155 g/mol. The highest BCUT2D eigenvalue weighted by Crippen LogP contribution is 2.25. The van der Waals surface area contributed by atoms with Crippen LogP contribution in [0, 0.1) is 0 Å². The van der Waals surface area contributed by atoms with Crippen LogP contribution in [0.15, 0.2) is 0 Å². The van der Waals surface area contributed by atoms with Crippen molar-refractivity contribution in [2.24, 2.45) is 0 Å². The lowest BCUT2D eigenvalue weighted by Crippen LogP contribution is -2.01. The quantitative estimate of drug-likeness (QED) is 0.603. The molecule has 2 N–H and O–H groups in total. The van der Waals surface area contributed by atoms with Crippen LogP contribution in [-0.2, 0) is 9.36 Å². The molecule has 0 saturated heterocycles. The monoisotopic (exact) mass is 166 g/mol. The molecule has 0 aliphatic carbocycles. The fraction of sp³-hybridized carbons (Fsp3) is 0.800. The molecule has 60 valence electrons. The number of aliphatic carboxylic acids is 1. The summed E-state index contributed by atoms with van der Waals surface area (Å²) in [6.07, 6.45) is 0.252. The first kappa shape index (κ1) is 9.66. The molecule has 5 heteroatoms. The van der Waals surface area contributed by atoms with Gasteiger partial charge in [-0.15, -0.1) is 0 Å². The van der Waals surface area contributed by atoms with Gasteiger partial charge >= 0.3 is 5.97 Å². The number of carbonyl (C=O) groups is 1. The Morgan fingerprint density at radius 2 is 2.20 bits per heavy atom. The van der Waals surface area contributed by atoms with Crippen LogP contribution >= 0.6 is 8.03 Å². The summed E-state index contributed by atoms with van der Waals surface area (Å²) in [6, 6.07) is 0. The van der Waals surface area contributed by atoms with E-state index in [2.05, 4.69) is 0 Å². The van der Waals surface area contributed by atoms with Gasteiger partial charge in [-0.1, -0.05) is 6.92 Å². The van der Waals surface area contributed by atoms with Gasteiger partial charge in [0.05, 0.1) is 0 Å². The largest absolute Gasteiger partial charge is 0.481 e. The van der Waals surface area contributed by atoms with E-state index in [4.69, 9.17) is 10.00 Å². The van der Waals surface area contributed by atoms with E-state index in [-0.39, 0.29) is 18.5 Å². The topological polar surface area (TPSA) is 74.6 Å². The van der Waals surface area contributed by atoms with Crippen molar-refractivity contribution in [3.63, 3.8) is 0 Å². The Bertz CT molecular complexity index is 145. The van der Waals surface area contributed by atoms with Crippen molar-refractivity contribution < 1.29 is 19.4 Å². The molecule has 2 unspecified atom stereocenters. The zero-order chi connectivity index (χ0) is 8.15. The molecule has 0 radical (unpaired) electrons. The highest BCUT2D eigenvalue weighted by Gasteiger charge is 2.08. The van der Waals surface area contributed by atoms with E-state index in [1.54, 1.807) is 6.92 Å². The van der Waals surface area contributed by atoms with Crippen molar-refractivity contribution in [2.45, 2.75) is 25.4 Å². The standard InChI is InChI=1S/C5H11O4P/c1-4(10(8)9)2-3-5(6)7/h4,10H,2-3H2,1H3,(H,6,7)(H,8,9). The molecule has 0 amide bonds. The Morgan fingerprint density at radius 1 is 1.70 bits per heavy atom. The van der Waals surface area contributed by atoms with Crippen molar-refractivity contribution in [2.75, 3.05) is 0 Å². The third-order valence-electron chi connectivity index (χ3n) is 1.21. The van der Waals surface area contributed by atoms with Crippen LogP contribution in [0.1, 0.15) is 19.8 Å². The molecule has 0 bridgehead atoms. The molecule has 0 heterocycles. The van der Waals surface area contributed by atoms with E-state index in [0.717, 1.165) is 0 Å². The molecule has 0 spiro atoms. The van der Waals surface area contributed by atoms with E-state index >= 15 is 0 Å². The van der Waals surface area contributed by atoms with E-state index in [0.29, 0.717) is 0 Å². The van der Waals surface area contributed by atoms with Crippen LogP contribution < -0.4 is 0 Å². The molecule has 0 aromatic heterocycles. The van der Waals surface area contributed by atoms with Crippen molar-refractivity contribution in [1.29, 1.82) is 0 Å². The van der Waals surface area contributed by atoms with Crippen LogP contribution in [0.25, 0.3) is 0 Å². The molecule has 10 heavy (non-hydrogen) atoms. The van der Waals surface area contributed by atoms with Gasteiger partial charge in [-0.05, 0) is 6.42 Å². The highest BCUT2D eigenvalue weighted by atomic mass is 31.1. The lowest BCUT2D eigenvalue weighted by Gasteiger charge is -2.02. The summed E-state index contributed by atoms with van der Waals surface area (Å²) >= 11 is 0. The third kappa shape index (κ3) is 4.53. The number of rotatable bonds is 4. The molecule has 2 atom stereocenters. The molecule has 0 aromatic carbocycles. The summed E-state index contributed by atoms with van der Waals surface area (Å²) in [4.78, 5) is 18.4. The smallest absolute Gasteiger partial charge is 0.303 e. The van der Waals surface area contributed by atoms with Crippen molar-refractivity contribution in [3.8, 4) is 0 Å². The second-order valence-corrected chi connectivity index (χ2v) is 3.83. The number of hydrogen-bond acceptors (Lipinski definition) is 2. The van der Waals surface area contributed by atoms with Gasteiger partial charge in [0, 0.05) is 12.1 Å². The van der Waals surface area contributed by atoms with Gasteiger partial charge in [-0.3, -0.25) is 9.36 Å². The molecule has 0 saturated carbocycles. The van der Waals surface area contributed by atoms with Crippen LogP contribution in [0.2, 0.25) is 0 Å². The summed E-state index contributed by atoms with van der Waals surface area (Å²) < 4.78 is 10.3. The molecule has 0 aliphatic heterocycles. The molecule has 0 aromatic rings. The van der Waals surface area contributed by atoms with E-state index < -0.39 is 14.0 Å². The zero-order valence-corrected chi connectivity index (χ0v) is 6.70. The van der Waals surface area contributed by atoms with Gasteiger partial charge in [0.25, 0.3) is 0 Å². The first-order chi connectivity index (χ1) is 4.54. The molecule has 0 rings (SSSR count). The fourth-order valence-corrected chi connectivity index (χ4v) is 0.855. The second-order valence-electron chi connectivity index (χ2n) is 2.17. The van der Waals surface area contributed by atoms with Crippen molar-refractivity contribution in [3.05, 3.63) is 0 Å². The first-order valence-electron chi connectivity index (χ1n) is 2.98. The van der Waals surface area contributed by atoms with Crippen molar-refractivity contribution >= 4 is 14.0 Å². The van der Waals surface area contributed by atoms with Crippen LogP contribution in [0.5, 0.6) is 0 Å². The summed E-state index contributed by atoms with van der Waals surface area (Å²) in [5.41, 5.74) is -0.374. The van der Waals surface area contributed by atoms with Gasteiger partial charge in [-0.2, -0.15) is 0 Å². The molecule has 0 aliphatic rings. The van der Waals surface area contributed by atoms with Crippen LogP contribution in [0.4, 0.5) is 0 Å². The summed E-state index contributed by atoms with van der Waals surface area (Å²) in [5.74, 6) is -0.921. The Kier molecular flexibility index (Phi) is 4.32. The zero-order valence-electron chi connectivity index (χ0n) is 5.70. The maximum Gasteiger partial charge on any atom is 0.303 e. The minimum Gasteiger partial charge on any atom is -0.481 e. The van der Waals surface area contributed by atoms with Crippen LogP contribution in [0.3, 0.4) is 0 Å². The average Bonchev–Trinajstić information content (AvgIpc) is 1.82. The summed E-state index contributed by atoms with van der Waals surface area (Å²) in [6.45, 7) is 1.57. The summed E-state index contributed by atoms with van der Waals surface area (Å²) in [5, 5.41) is 8.17. The van der Waals surface area contributed by atoms with Crippen LogP contribution in [-0.4, -0.2) is 21.6 Å². The highest BCUT2D eigenvalue weighted by molar-refractivity contribution is 7.38. The number of carboxylic acids is 1. The fourth-order valence-electron chi connectivity index (χ4n) is 0.463. The number of hydrogen-bond donors (Lipinski definition) is 2.